The van der Waals surface area contributed by atoms with E-state index in [-0.39, 0.29) is 0 Å². The van der Waals surface area contributed by atoms with Gasteiger partial charge in [-0.05, 0) is 12.8 Å². The Morgan fingerprint density at radius 2 is 2.22 bits per heavy atom. The summed E-state index contributed by atoms with van der Waals surface area (Å²) in [7, 11) is 0. The number of anilines is 1. The lowest BCUT2D eigenvalue weighted by Gasteiger charge is -1.98. The van der Waals surface area contributed by atoms with Gasteiger partial charge in [-0.2, -0.15) is 0 Å². The summed E-state index contributed by atoms with van der Waals surface area (Å²) >= 11 is 1.48. The molecule has 0 saturated carbocycles. The zero-order valence-electron chi connectivity index (χ0n) is 9.65. The number of nitrogens with zero attached hydrogens (tertiary/aromatic N) is 5. The molecule has 18 heavy (non-hydrogen) atoms. The van der Waals surface area contributed by atoms with E-state index in [2.05, 4.69) is 20.2 Å². The van der Waals surface area contributed by atoms with E-state index in [4.69, 9.17) is 5.73 Å². The second kappa shape index (κ2) is 4.69. The van der Waals surface area contributed by atoms with Crippen LogP contribution in [0.5, 0.6) is 0 Å². The lowest BCUT2D eigenvalue weighted by Crippen LogP contribution is -1.97. The van der Waals surface area contributed by atoms with Gasteiger partial charge in [0, 0.05) is 24.2 Å². The van der Waals surface area contributed by atoms with Crippen LogP contribution in [-0.4, -0.2) is 24.6 Å². The highest BCUT2D eigenvalue weighted by atomic mass is 32.1. The lowest BCUT2D eigenvalue weighted by molar-refractivity contribution is 0.751. The molecule has 92 valence electrons. The van der Waals surface area contributed by atoms with Gasteiger partial charge in [0.05, 0.1) is 11.9 Å². The van der Waals surface area contributed by atoms with Gasteiger partial charge in [-0.1, -0.05) is 0 Å². The van der Waals surface area contributed by atoms with Crippen molar-refractivity contribution in [3.05, 3.63) is 35.5 Å². The Bertz CT molecular complexity index is 658. The highest BCUT2D eigenvalue weighted by molar-refractivity contribution is 7.13. The smallest absolute Gasteiger partial charge is 0.180 e. The Labute approximate surface area is 108 Å². The standard InChI is InChI=1S/C11H12N6S/c12-11-14-8(7-18-11)2-1-3-9-15-16-10-6-13-4-5-17(9)10/h4-7H,1-3H2,(H2,12,14). The monoisotopic (exact) mass is 260 g/mol. The van der Waals surface area contributed by atoms with E-state index in [0.717, 1.165) is 36.4 Å². The predicted octanol–water partition coefficient (Wildman–Crippen LogP) is 1.34. The molecule has 3 aromatic heterocycles. The van der Waals surface area contributed by atoms with Crippen LogP contribution in [0.1, 0.15) is 17.9 Å². The van der Waals surface area contributed by atoms with Crippen molar-refractivity contribution in [2.24, 2.45) is 0 Å². The minimum absolute atomic E-state index is 0.629. The van der Waals surface area contributed by atoms with Crippen molar-refractivity contribution in [2.75, 3.05) is 5.73 Å². The topological polar surface area (TPSA) is 82.0 Å². The van der Waals surface area contributed by atoms with Crippen LogP contribution in [0.4, 0.5) is 5.13 Å². The Hall–Kier alpha value is -2.02. The molecule has 0 atom stereocenters. The summed E-state index contributed by atoms with van der Waals surface area (Å²) in [6.07, 6.45) is 8.08. The van der Waals surface area contributed by atoms with Crippen molar-refractivity contribution < 1.29 is 0 Å². The average molecular weight is 260 g/mol. The summed E-state index contributed by atoms with van der Waals surface area (Å²) in [5.41, 5.74) is 7.43. The predicted molar refractivity (Wildman–Crippen MR) is 69.3 cm³/mol. The Morgan fingerprint density at radius 3 is 3.06 bits per heavy atom. The van der Waals surface area contributed by atoms with Gasteiger partial charge < -0.3 is 5.73 Å². The van der Waals surface area contributed by atoms with E-state index in [0.29, 0.717) is 5.13 Å². The number of thiazole rings is 1. The third kappa shape index (κ3) is 2.17. The number of nitrogen functional groups attached to an aromatic ring is 1. The minimum Gasteiger partial charge on any atom is -0.375 e. The molecular weight excluding hydrogens is 248 g/mol. The number of rotatable bonds is 4. The third-order valence-electron chi connectivity index (χ3n) is 2.69. The fraction of sp³-hybridized carbons (Fsp3) is 0.273. The number of aromatic nitrogens is 5. The van der Waals surface area contributed by atoms with E-state index in [1.54, 1.807) is 12.4 Å². The quantitative estimate of drug-likeness (QED) is 0.765. The number of hydrogen-bond donors (Lipinski definition) is 1. The molecule has 0 aromatic carbocycles. The zero-order valence-corrected chi connectivity index (χ0v) is 10.5. The Morgan fingerprint density at radius 1 is 1.28 bits per heavy atom. The molecule has 7 heteroatoms. The molecule has 0 unspecified atom stereocenters. The van der Waals surface area contributed by atoms with Crippen LogP contribution in [-0.2, 0) is 12.8 Å². The summed E-state index contributed by atoms with van der Waals surface area (Å²) in [5, 5.41) is 10.9. The largest absolute Gasteiger partial charge is 0.375 e. The molecular formula is C11H12N6S. The molecule has 3 heterocycles. The van der Waals surface area contributed by atoms with E-state index in [1.165, 1.54) is 11.3 Å². The van der Waals surface area contributed by atoms with Crippen molar-refractivity contribution in [3.8, 4) is 0 Å². The van der Waals surface area contributed by atoms with Crippen molar-refractivity contribution in [2.45, 2.75) is 19.3 Å². The van der Waals surface area contributed by atoms with Crippen LogP contribution in [0.25, 0.3) is 5.65 Å². The summed E-state index contributed by atoms with van der Waals surface area (Å²) in [4.78, 5) is 8.25. The van der Waals surface area contributed by atoms with Gasteiger partial charge in [0.15, 0.2) is 10.8 Å². The fourth-order valence-corrected chi connectivity index (χ4v) is 2.44. The molecule has 0 saturated heterocycles. The van der Waals surface area contributed by atoms with Crippen molar-refractivity contribution in [1.29, 1.82) is 0 Å². The first-order chi connectivity index (χ1) is 8.83. The lowest BCUT2D eigenvalue weighted by atomic mass is 10.2. The van der Waals surface area contributed by atoms with Crippen LogP contribution < -0.4 is 5.73 Å². The van der Waals surface area contributed by atoms with Gasteiger partial charge in [0.25, 0.3) is 0 Å². The van der Waals surface area contributed by atoms with E-state index >= 15 is 0 Å². The molecule has 0 spiro atoms. The molecule has 0 fully saturated rings. The van der Waals surface area contributed by atoms with Gasteiger partial charge in [-0.15, -0.1) is 21.5 Å². The second-order valence-corrected chi connectivity index (χ2v) is 4.84. The van der Waals surface area contributed by atoms with Crippen molar-refractivity contribution in [3.63, 3.8) is 0 Å². The molecule has 0 radical (unpaired) electrons. The van der Waals surface area contributed by atoms with Gasteiger partial charge in [-0.25, -0.2) is 4.98 Å². The fourth-order valence-electron chi connectivity index (χ4n) is 1.84. The Kier molecular flexibility index (Phi) is 2.89. The molecule has 2 N–H and O–H groups in total. The molecule has 0 aliphatic rings. The zero-order chi connectivity index (χ0) is 12.4. The minimum atomic E-state index is 0.629. The first-order valence-corrected chi connectivity index (χ1v) is 6.54. The maximum Gasteiger partial charge on any atom is 0.180 e. The average Bonchev–Trinajstić information content (AvgIpc) is 2.97. The summed E-state index contributed by atoms with van der Waals surface area (Å²) < 4.78 is 1.96. The number of hydrogen-bond acceptors (Lipinski definition) is 6. The molecule has 3 aromatic rings. The Balaban J connectivity index is 1.66. The van der Waals surface area contributed by atoms with Gasteiger partial charge in [-0.3, -0.25) is 9.38 Å². The molecule has 3 rings (SSSR count). The summed E-state index contributed by atoms with van der Waals surface area (Å²) in [6, 6.07) is 0. The van der Waals surface area contributed by atoms with Crippen LogP contribution in [0, 0.1) is 0 Å². The van der Waals surface area contributed by atoms with Crippen molar-refractivity contribution >= 4 is 22.1 Å². The third-order valence-corrected chi connectivity index (χ3v) is 3.41. The number of aryl methyl sites for hydroxylation is 2. The number of nitrogens with two attached hydrogens (primary N) is 1. The summed E-state index contributed by atoms with van der Waals surface area (Å²) in [5.74, 6) is 0.954. The SMILES string of the molecule is Nc1nc(CCCc2nnc3cnccn23)cs1. The van der Waals surface area contributed by atoms with Crippen LogP contribution >= 0.6 is 11.3 Å². The first kappa shape index (κ1) is 11.1. The van der Waals surface area contributed by atoms with Crippen LogP contribution in [0.3, 0.4) is 0 Å². The normalized spacial score (nSPS) is 11.1. The number of fused-ring (bicyclic) bond motifs is 1. The van der Waals surface area contributed by atoms with E-state index in [9.17, 15) is 0 Å². The first-order valence-electron chi connectivity index (χ1n) is 5.66. The second-order valence-electron chi connectivity index (χ2n) is 3.95. The van der Waals surface area contributed by atoms with Gasteiger partial charge in [0.2, 0.25) is 0 Å². The van der Waals surface area contributed by atoms with Crippen LogP contribution in [0.2, 0.25) is 0 Å². The van der Waals surface area contributed by atoms with Crippen molar-refractivity contribution in [1.82, 2.24) is 24.6 Å². The highest BCUT2D eigenvalue weighted by Crippen LogP contribution is 2.13. The molecule has 6 nitrogen and oxygen atoms in total. The highest BCUT2D eigenvalue weighted by Gasteiger charge is 2.05. The van der Waals surface area contributed by atoms with Gasteiger partial charge >= 0.3 is 0 Å². The van der Waals surface area contributed by atoms with E-state index in [1.807, 2.05) is 16.0 Å². The maximum absolute atomic E-state index is 5.59. The molecule has 0 aliphatic carbocycles. The maximum atomic E-state index is 5.59. The molecule has 0 aliphatic heterocycles. The van der Waals surface area contributed by atoms with E-state index < -0.39 is 0 Å². The summed E-state index contributed by atoms with van der Waals surface area (Å²) in [6.45, 7) is 0. The van der Waals surface area contributed by atoms with Gasteiger partial charge in [0.1, 0.15) is 5.82 Å². The van der Waals surface area contributed by atoms with Crippen LogP contribution in [0.15, 0.2) is 24.0 Å². The molecule has 0 bridgehead atoms. The molecule has 0 amide bonds.